The molecule has 0 aliphatic rings. The Morgan fingerprint density at radius 3 is 2.58 bits per heavy atom. The molecular formula is C20H19NO3. The summed E-state index contributed by atoms with van der Waals surface area (Å²) in [5.41, 5.74) is 2.02. The molecule has 4 nitrogen and oxygen atoms in total. The lowest BCUT2D eigenvalue weighted by molar-refractivity contribution is -0.114. The topological polar surface area (TPSA) is 55.4 Å². The standard InChI is InChI=1S/C20H19NO3/c1-3-13-24-19-10-7-16(8-11-19)9-12-20(23)17-5-4-6-18(14-17)21-15(2)22/h3-12,14H,1,13H2,2H3,(H,21,22)/b12-9+. The summed E-state index contributed by atoms with van der Waals surface area (Å²) in [6.07, 6.45) is 4.93. The molecule has 24 heavy (non-hydrogen) atoms. The normalized spacial score (nSPS) is 10.4. The number of nitrogens with one attached hydrogen (secondary N) is 1. The van der Waals surface area contributed by atoms with Gasteiger partial charge in [-0.15, -0.1) is 0 Å². The lowest BCUT2D eigenvalue weighted by Gasteiger charge is -2.04. The third kappa shape index (κ3) is 5.25. The van der Waals surface area contributed by atoms with Gasteiger partial charge in [-0.1, -0.05) is 43.0 Å². The zero-order valence-electron chi connectivity index (χ0n) is 13.5. The molecule has 0 heterocycles. The summed E-state index contributed by atoms with van der Waals surface area (Å²) >= 11 is 0. The molecule has 0 saturated heterocycles. The number of hydrogen-bond donors (Lipinski definition) is 1. The average Bonchev–Trinajstić information content (AvgIpc) is 2.58. The number of ether oxygens (including phenoxy) is 1. The first-order chi connectivity index (χ1) is 11.6. The Labute approximate surface area is 141 Å². The van der Waals surface area contributed by atoms with E-state index < -0.39 is 0 Å². The van der Waals surface area contributed by atoms with Gasteiger partial charge in [0.05, 0.1) is 0 Å². The van der Waals surface area contributed by atoms with Crippen LogP contribution in [0, 0.1) is 0 Å². The number of ketones is 1. The number of carbonyl (C=O) groups excluding carboxylic acids is 2. The summed E-state index contributed by atoms with van der Waals surface area (Å²) in [5.74, 6) is 0.449. The third-order valence-corrected chi connectivity index (χ3v) is 3.14. The van der Waals surface area contributed by atoms with Gasteiger partial charge in [0.25, 0.3) is 0 Å². The predicted molar refractivity (Wildman–Crippen MR) is 96.2 cm³/mol. The minimum atomic E-state index is -0.172. The average molecular weight is 321 g/mol. The SMILES string of the molecule is C=CCOc1ccc(/C=C/C(=O)c2cccc(NC(C)=O)c2)cc1. The molecule has 1 amide bonds. The molecule has 0 unspecified atom stereocenters. The Kier molecular flexibility index (Phi) is 6.08. The number of carbonyl (C=O) groups is 2. The first-order valence-electron chi connectivity index (χ1n) is 7.52. The van der Waals surface area contributed by atoms with Gasteiger partial charge in [0.1, 0.15) is 12.4 Å². The molecule has 0 spiro atoms. The van der Waals surface area contributed by atoms with Crippen LogP contribution in [0.3, 0.4) is 0 Å². The molecule has 0 aliphatic carbocycles. The first kappa shape index (κ1) is 17.2. The minimum Gasteiger partial charge on any atom is -0.490 e. The van der Waals surface area contributed by atoms with Crippen molar-refractivity contribution in [1.29, 1.82) is 0 Å². The molecule has 0 atom stereocenters. The minimum absolute atomic E-state index is 0.130. The van der Waals surface area contributed by atoms with Gasteiger partial charge in [-0.25, -0.2) is 0 Å². The van der Waals surface area contributed by atoms with E-state index in [1.54, 1.807) is 36.4 Å². The van der Waals surface area contributed by atoms with Gasteiger partial charge < -0.3 is 10.1 Å². The Hall–Kier alpha value is -3.14. The molecule has 2 aromatic carbocycles. The zero-order valence-corrected chi connectivity index (χ0v) is 13.5. The van der Waals surface area contributed by atoms with Crippen LogP contribution in [0.4, 0.5) is 5.69 Å². The quantitative estimate of drug-likeness (QED) is 0.474. The van der Waals surface area contributed by atoms with Gasteiger partial charge in [-0.05, 0) is 35.9 Å². The van der Waals surface area contributed by atoms with E-state index in [9.17, 15) is 9.59 Å². The highest BCUT2D eigenvalue weighted by molar-refractivity contribution is 6.07. The van der Waals surface area contributed by atoms with Crippen molar-refractivity contribution in [3.05, 3.63) is 78.4 Å². The number of benzene rings is 2. The number of anilines is 1. The molecule has 0 saturated carbocycles. The number of hydrogen-bond acceptors (Lipinski definition) is 3. The van der Waals surface area contributed by atoms with Crippen molar-refractivity contribution in [3.63, 3.8) is 0 Å². The molecule has 0 aromatic heterocycles. The van der Waals surface area contributed by atoms with Crippen molar-refractivity contribution >= 4 is 23.5 Å². The fraction of sp³-hybridized carbons (Fsp3) is 0.100. The largest absolute Gasteiger partial charge is 0.490 e. The van der Waals surface area contributed by atoms with Gasteiger partial charge in [0, 0.05) is 18.2 Å². The third-order valence-electron chi connectivity index (χ3n) is 3.14. The van der Waals surface area contributed by atoms with E-state index in [-0.39, 0.29) is 11.7 Å². The lowest BCUT2D eigenvalue weighted by Crippen LogP contribution is -2.06. The highest BCUT2D eigenvalue weighted by Crippen LogP contribution is 2.15. The van der Waals surface area contributed by atoms with E-state index in [0.717, 1.165) is 11.3 Å². The van der Waals surface area contributed by atoms with Crippen LogP contribution in [0.2, 0.25) is 0 Å². The maximum atomic E-state index is 12.2. The van der Waals surface area contributed by atoms with E-state index in [4.69, 9.17) is 4.74 Å². The Morgan fingerprint density at radius 1 is 1.17 bits per heavy atom. The van der Waals surface area contributed by atoms with Crippen molar-refractivity contribution < 1.29 is 14.3 Å². The van der Waals surface area contributed by atoms with Gasteiger partial charge in [-0.2, -0.15) is 0 Å². The number of rotatable bonds is 7. The van der Waals surface area contributed by atoms with Crippen LogP contribution in [0.15, 0.2) is 67.3 Å². The summed E-state index contributed by atoms with van der Waals surface area (Å²) in [4.78, 5) is 23.3. The predicted octanol–water partition coefficient (Wildman–Crippen LogP) is 4.11. The monoisotopic (exact) mass is 321 g/mol. The number of allylic oxidation sites excluding steroid dienone is 1. The van der Waals surface area contributed by atoms with Gasteiger partial charge in [0.15, 0.2) is 5.78 Å². The van der Waals surface area contributed by atoms with Gasteiger partial charge in [-0.3, -0.25) is 9.59 Å². The van der Waals surface area contributed by atoms with Crippen LogP contribution in [0.5, 0.6) is 5.75 Å². The molecule has 2 aromatic rings. The summed E-state index contributed by atoms with van der Waals surface area (Å²) in [7, 11) is 0. The van der Waals surface area contributed by atoms with Crippen LogP contribution in [0.25, 0.3) is 6.08 Å². The van der Waals surface area contributed by atoms with Crippen LogP contribution in [-0.2, 0) is 4.79 Å². The molecule has 0 fully saturated rings. The lowest BCUT2D eigenvalue weighted by atomic mass is 10.1. The second kappa shape index (κ2) is 8.48. The van der Waals surface area contributed by atoms with Crippen molar-refractivity contribution in [2.75, 3.05) is 11.9 Å². The zero-order chi connectivity index (χ0) is 17.4. The van der Waals surface area contributed by atoms with E-state index >= 15 is 0 Å². The van der Waals surface area contributed by atoms with Crippen LogP contribution in [-0.4, -0.2) is 18.3 Å². The summed E-state index contributed by atoms with van der Waals surface area (Å²) < 4.78 is 5.41. The Bertz CT molecular complexity index is 761. The highest BCUT2D eigenvalue weighted by Gasteiger charge is 2.04. The van der Waals surface area contributed by atoms with Crippen molar-refractivity contribution in [2.24, 2.45) is 0 Å². The molecule has 122 valence electrons. The van der Waals surface area contributed by atoms with E-state index in [2.05, 4.69) is 11.9 Å². The molecule has 0 aliphatic heterocycles. The Morgan fingerprint density at radius 2 is 1.92 bits per heavy atom. The fourth-order valence-electron chi connectivity index (χ4n) is 2.05. The second-order valence-corrected chi connectivity index (χ2v) is 5.13. The molecule has 0 radical (unpaired) electrons. The summed E-state index contributed by atoms with van der Waals surface area (Å²) in [6, 6.07) is 14.3. The fourth-order valence-corrected chi connectivity index (χ4v) is 2.05. The van der Waals surface area contributed by atoms with Gasteiger partial charge >= 0.3 is 0 Å². The molecular weight excluding hydrogens is 302 g/mol. The Balaban J connectivity index is 2.04. The smallest absolute Gasteiger partial charge is 0.221 e. The number of amides is 1. The van der Waals surface area contributed by atoms with Crippen molar-refractivity contribution in [1.82, 2.24) is 0 Å². The van der Waals surface area contributed by atoms with E-state index in [1.807, 2.05) is 24.3 Å². The summed E-state index contributed by atoms with van der Waals surface area (Å²) in [6.45, 7) is 5.48. The van der Waals surface area contributed by atoms with Crippen LogP contribution in [0.1, 0.15) is 22.8 Å². The molecule has 4 heteroatoms. The highest BCUT2D eigenvalue weighted by atomic mass is 16.5. The second-order valence-electron chi connectivity index (χ2n) is 5.13. The van der Waals surface area contributed by atoms with Gasteiger partial charge in [0.2, 0.25) is 5.91 Å². The van der Waals surface area contributed by atoms with Crippen molar-refractivity contribution in [3.8, 4) is 5.75 Å². The maximum absolute atomic E-state index is 12.2. The van der Waals surface area contributed by atoms with Crippen LogP contribution < -0.4 is 10.1 Å². The van der Waals surface area contributed by atoms with E-state index in [0.29, 0.717) is 17.9 Å². The molecule has 1 N–H and O–H groups in total. The van der Waals surface area contributed by atoms with E-state index in [1.165, 1.54) is 13.0 Å². The molecule has 2 rings (SSSR count). The summed E-state index contributed by atoms with van der Waals surface area (Å²) in [5, 5.41) is 2.66. The molecule has 0 bridgehead atoms. The maximum Gasteiger partial charge on any atom is 0.221 e. The first-order valence-corrected chi connectivity index (χ1v) is 7.52. The van der Waals surface area contributed by atoms with Crippen molar-refractivity contribution in [2.45, 2.75) is 6.92 Å². The van der Waals surface area contributed by atoms with Crippen LogP contribution >= 0.6 is 0 Å².